The van der Waals surface area contributed by atoms with Crippen LogP contribution in [0.4, 0.5) is 0 Å². The minimum absolute atomic E-state index is 0.559. The highest BCUT2D eigenvalue weighted by Gasteiger charge is 2.48. The molecule has 4 unspecified atom stereocenters. The summed E-state index contributed by atoms with van der Waals surface area (Å²) in [6, 6.07) is 0. The summed E-state index contributed by atoms with van der Waals surface area (Å²) in [6.45, 7) is 16.5. The maximum Gasteiger partial charge on any atom is -0.00927 e. The summed E-state index contributed by atoms with van der Waals surface area (Å²) >= 11 is 4.53. The molecule has 0 saturated heterocycles. The molecule has 1 aliphatic carbocycles. The molecule has 0 radical (unpaired) electrons. The van der Waals surface area contributed by atoms with E-state index >= 15 is 0 Å². The Hall–Kier alpha value is 0.350. The van der Waals surface area contributed by atoms with Crippen LogP contribution in [0, 0.1) is 22.7 Å². The lowest BCUT2D eigenvalue weighted by Gasteiger charge is -2.33. The Morgan fingerprint density at radius 1 is 1.00 bits per heavy atom. The summed E-state index contributed by atoms with van der Waals surface area (Å²) in [6.07, 6.45) is 16.8. The molecular weight excluding hydrogens is 320 g/mol. The van der Waals surface area contributed by atoms with Crippen molar-refractivity contribution < 1.29 is 0 Å². The predicted molar refractivity (Wildman–Crippen MR) is 121 cm³/mol. The smallest absolute Gasteiger partial charge is 0.00927 e. The van der Waals surface area contributed by atoms with Crippen molar-refractivity contribution in [2.45, 2.75) is 126 Å². The van der Waals surface area contributed by atoms with Crippen molar-refractivity contribution in [2.75, 3.05) is 5.75 Å². The van der Waals surface area contributed by atoms with E-state index in [2.05, 4.69) is 61.1 Å². The van der Waals surface area contributed by atoms with Gasteiger partial charge in [-0.1, -0.05) is 93.4 Å². The van der Waals surface area contributed by atoms with Crippen molar-refractivity contribution >= 4 is 12.6 Å². The average Bonchev–Trinajstić information content (AvgIpc) is 2.79. The van der Waals surface area contributed by atoms with E-state index in [0.717, 1.165) is 17.6 Å². The van der Waals surface area contributed by atoms with Gasteiger partial charge in [0.15, 0.2) is 0 Å². The largest absolute Gasteiger partial charge is 0.179 e. The Balaban J connectivity index is 0.00000178. The van der Waals surface area contributed by atoms with E-state index < -0.39 is 0 Å². The zero-order valence-electron chi connectivity index (χ0n) is 18.8. The van der Waals surface area contributed by atoms with Gasteiger partial charge in [-0.25, -0.2) is 0 Å². The molecule has 0 nitrogen and oxygen atoms in total. The Morgan fingerprint density at radius 2 is 1.64 bits per heavy atom. The van der Waals surface area contributed by atoms with Crippen LogP contribution < -0.4 is 0 Å². The van der Waals surface area contributed by atoms with E-state index in [1.54, 1.807) is 0 Å². The minimum atomic E-state index is 0.559. The molecule has 0 bridgehead atoms. The van der Waals surface area contributed by atoms with Crippen molar-refractivity contribution in [1.29, 1.82) is 0 Å². The van der Waals surface area contributed by atoms with Gasteiger partial charge in [-0.15, -0.1) is 0 Å². The summed E-state index contributed by atoms with van der Waals surface area (Å²) in [5.41, 5.74) is 1.16. The number of hydrogen-bond donors (Lipinski definition) is 1. The highest BCUT2D eigenvalue weighted by atomic mass is 32.1. The van der Waals surface area contributed by atoms with Gasteiger partial charge in [-0.2, -0.15) is 12.6 Å². The fourth-order valence-corrected chi connectivity index (χ4v) is 5.48. The fourth-order valence-electron chi connectivity index (χ4n) is 4.94. The molecule has 0 heterocycles. The third kappa shape index (κ3) is 9.73. The molecule has 0 aromatic heterocycles. The van der Waals surface area contributed by atoms with E-state index in [1.807, 2.05) is 0 Å². The maximum atomic E-state index is 4.53. The molecule has 0 aliphatic heterocycles. The van der Waals surface area contributed by atoms with Crippen molar-refractivity contribution in [3.05, 3.63) is 0 Å². The zero-order valence-corrected chi connectivity index (χ0v) is 19.7. The lowest BCUT2D eigenvalue weighted by atomic mass is 9.72. The third-order valence-electron chi connectivity index (χ3n) is 6.57. The van der Waals surface area contributed by atoms with Gasteiger partial charge >= 0.3 is 0 Å². The molecule has 25 heavy (non-hydrogen) atoms. The molecule has 152 valence electrons. The SMILES string of the molecule is CCC.CCCCCC1CC(C)(CCS)CC1(C)CCCC(C)CC. The van der Waals surface area contributed by atoms with Crippen LogP contribution in [-0.2, 0) is 0 Å². The van der Waals surface area contributed by atoms with Crippen molar-refractivity contribution in [2.24, 2.45) is 22.7 Å². The molecule has 0 N–H and O–H groups in total. The molecule has 4 atom stereocenters. The second kappa shape index (κ2) is 13.5. The summed E-state index contributed by atoms with van der Waals surface area (Å²) < 4.78 is 0. The zero-order chi connectivity index (χ0) is 19.3. The average molecular weight is 371 g/mol. The summed E-state index contributed by atoms with van der Waals surface area (Å²) in [4.78, 5) is 0. The van der Waals surface area contributed by atoms with E-state index in [-0.39, 0.29) is 0 Å². The van der Waals surface area contributed by atoms with E-state index in [1.165, 1.54) is 77.0 Å². The van der Waals surface area contributed by atoms with Gasteiger partial charge in [0.05, 0.1) is 0 Å². The Bertz CT molecular complexity index is 313. The van der Waals surface area contributed by atoms with Gasteiger partial charge in [-0.3, -0.25) is 0 Å². The second-order valence-electron chi connectivity index (χ2n) is 9.62. The van der Waals surface area contributed by atoms with Gasteiger partial charge in [0.1, 0.15) is 0 Å². The molecule has 1 aliphatic rings. The molecule has 0 aromatic rings. The van der Waals surface area contributed by atoms with Gasteiger partial charge in [0.25, 0.3) is 0 Å². The van der Waals surface area contributed by atoms with E-state index in [0.29, 0.717) is 10.8 Å². The molecule has 1 rings (SSSR count). The fraction of sp³-hybridized carbons (Fsp3) is 1.00. The predicted octanol–water partition coefficient (Wildman–Crippen LogP) is 8.94. The lowest BCUT2D eigenvalue weighted by Crippen LogP contribution is -2.22. The van der Waals surface area contributed by atoms with Crippen LogP contribution in [0.15, 0.2) is 0 Å². The topological polar surface area (TPSA) is 0 Å². The highest BCUT2D eigenvalue weighted by molar-refractivity contribution is 7.80. The Kier molecular flexibility index (Phi) is 13.7. The molecule has 1 fully saturated rings. The van der Waals surface area contributed by atoms with Crippen LogP contribution in [0.2, 0.25) is 0 Å². The summed E-state index contributed by atoms with van der Waals surface area (Å²) in [5.74, 6) is 2.93. The van der Waals surface area contributed by atoms with Crippen LogP contribution in [0.3, 0.4) is 0 Å². The molecule has 0 amide bonds. The molecular formula is C24H50S. The highest BCUT2D eigenvalue weighted by Crippen LogP contribution is 2.58. The molecule has 0 spiro atoms. The number of rotatable bonds is 11. The van der Waals surface area contributed by atoms with Gasteiger partial charge < -0.3 is 0 Å². The van der Waals surface area contributed by atoms with Gasteiger partial charge in [-0.05, 0) is 60.5 Å². The van der Waals surface area contributed by atoms with Crippen LogP contribution >= 0.6 is 12.6 Å². The van der Waals surface area contributed by atoms with Gasteiger partial charge in [0.2, 0.25) is 0 Å². The van der Waals surface area contributed by atoms with Crippen LogP contribution in [0.5, 0.6) is 0 Å². The first kappa shape index (κ1) is 25.4. The van der Waals surface area contributed by atoms with Crippen molar-refractivity contribution in [1.82, 2.24) is 0 Å². The number of unbranched alkanes of at least 4 members (excludes halogenated alkanes) is 2. The third-order valence-corrected chi connectivity index (χ3v) is 6.79. The first-order chi connectivity index (χ1) is 11.8. The van der Waals surface area contributed by atoms with Gasteiger partial charge in [0, 0.05) is 0 Å². The van der Waals surface area contributed by atoms with Crippen LogP contribution in [0.1, 0.15) is 126 Å². The van der Waals surface area contributed by atoms with E-state index in [9.17, 15) is 0 Å². The van der Waals surface area contributed by atoms with E-state index in [4.69, 9.17) is 0 Å². The standard InChI is InChI=1S/C21H42S.C3H8/c1-6-8-9-12-19-16-20(4,14-15-22)17-21(19,5)13-10-11-18(3)7-2;1-3-2/h18-19,22H,6-17H2,1-5H3;3H2,1-2H3. The number of hydrogen-bond acceptors (Lipinski definition) is 1. The second-order valence-corrected chi connectivity index (χ2v) is 10.1. The first-order valence-electron chi connectivity index (χ1n) is 11.4. The minimum Gasteiger partial charge on any atom is -0.179 e. The number of thiol groups is 1. The normalized spacial score (nSPS) is 30.0. The molecule has 1 heteroatoms. The Morgan fingerprint density at radius 3 is 2.16 bits per heavy atom. The molecule has 0 aromatic carbocycles. The Labute approximate surface area is 166 Å². The van der Waals surface area contributed by atoms with Crippen molar-refractivity contribution in [3.8, 4) is 0 Å². The summed E-state index contributed by atoms with van der Waals surface area (Å²) in [5, 5.41) is 0. The quantitative estimate of drug-likeness (QED) is 0.272. The summed E-state index contributed by atoms with van der Waals surface area (Å²) in [7, 11) is 0. The monoisotopic (exact) mass is 370 g/mol. The van der Waals surface area contributed by atoms with Crippen LogP contribution in [-0.4, -0.2) is 5.75 Å². The lowest BCUT2D eigenvalue weighted by molar-refractivity contribution is 0.178. The maximum absolute atomic E-state index is 4.53. The van der Waals surface area contributed by atoms with Crippen molar-refractivity contribution in [3.63, 3.8) is 0 Å². The van der Waals surface area contributed by atoms with Crippen LogP contribution in [0.25, 0.3) is 0 Å². The first-order valence-corrected chi connectivity index (χ1v) is 12.0. The molecule has 1 saturated carbocycles.